The lowest BCUT2D eigenvalue weighted by molar-refractivity contribution is 0.442. The second-order valence-corrected chi connectivity index (χ2v) is 5.01. The Morgan fingerprint density at radius 3 is 2.26 bits per heavy atom. The number of aromatic nitrogens is 1. The van der Waals surface area contributed by atoms with Gasteiger partial charge >= 0.3 is 0 Å². The zero-order valence-electron chi connectivity index (χ0n) is 9.94. The Kier molecular flexibility index (Phi) is 3.75. The van der Waals surface area contributed by atoms with Crippen LogP contribution in [0.4, 0.5) is 22.7 Å². The Labute approximate surface area is 110 Å². The van der Waals surface area contributed by atoms with E-state index in [0.717, 1.165) is 11.3 Å². The second-order valence-electron chi connectivity index (χ2n) is 3.90. The molecule has 0 aliphatic rings. The van der Waals surface area contributed by atoms with Gasteiger partial charge in [0.05, 0.1) is 5.69 Å². The predicted octanol–water partition coefficient (Wildman–Crippen LogP) is 3.43. The van der Waals surface area contributed by atoms with E-state index in [4.69, 9.17) is 5.73 Å². The predicted molar refractivity (Wildman–Crippen MR) is 65.0 cm³/mol. The Morgan fingerprint density at radius 1 is 1.16 bits per heavy atom. The van der Waals surface area contributed by atoms with E-state index in [2.05, 4.69) is 4.98 Å². The van der Waals surface area contributed by atoms with Crippen LogP contribution in [0.15, 0.2) is 6.07 Å². The number of rotatable bonds is 3. The minimum Gasteiger partial charge on any atom is -0.375 e. The van der Waals surface area contributed by atoms with Crippen molar-refractivity contribution in [1.82, 2.24) is 4.98 Å². The number of thiazole rings is 1. The van der Waals surface area contributed by atoms with Gasteiger partial charge in [-0.1, -0.05) is 6.92 Å². The average molecular weight is 290 g/mol. The van der Waals surface area contributed by atoms with Gasteiger partial charge in [-0.2, -0.15) is 0 Å². The molecule has 1 aromatic carbocycles. The lowest BCUT2D eigenvalue weighted by atomic mass is 10.1. The van der Waals surface area contributed by atoms with Gasteiger partial charge in [-0.15, -0.1) is 11.3 Å². The number of aryl methyl sites for hydroxylation is 1. The molecule has 2 rings (SSSR count). The first kappa shape index (κ1) is 13.8. The molecule has 102 valence electrons. The molecule has 0 saturated carbocycles. The molecule has 1 heterocycles. The van der Waals surface area contributed by atoms with Gasteiger partial charge in [0, 0.05) is 22.9 Å². The first-order chi connectivity index (χ1) is 8.93. The highest BCUT2D eigenvalue weighted by molar-refractivity contribution is 7.15. The van der Waals surface area contributed by atoms with Crippen LogP contribution in [0.1, 0.15) is 23.1 Å². The van der Waals surface area contributed by atoms with Gasteiger partial charge in [-0.3, -0.25) is 0 Å². The fraction of sp³-hybridized carbons (Fsp3) is 0.250. The molecule has 0 radical (unpaired) electrons. The highest BCUT2D eigenvalue weighted by Gasteiger charge is 2.21. The highest BCUT2D eigenvalue weighted by Crippen LogP contribution is 2.28. The number of nitrogens with zero attached hydrogens (tertiary/aromatic N) is 1. The molecule has 2 N–H and O–H groups in total. The zero-order chi connectivity index (χ0) is 14.2. The molecular formula is C12H10F4N2S. The lowest BCUT2D eigenvalue weighted by Crippen LogP contribution is -2.04. The number of halogens is 4. The van der Waals surface area contributed by atoms with Crippen LogP contribution in [-0.2, 0) is 12.8 Å². The normalized spacial score (nSPS) is 11.0. The number of hydrogen-bond acceptors (Lipinski definition) is 3. The van der Waals surface area contributed by atoms with E-state index >= 15 is 0 Å². The summed E-state index contributed by atoms with van der Waals surface area (Å²) in [4.78, 5) is 4.50. The van der Waals surface area contributed by atoms with Gasteiger partial charge < -0.3 is 5.73 Å². The Bertz CT molecular complexity index is 598. The third-order valence-electron chi connectivity index (χ3n) is 2.67. The fourth-order valence-electron chi connectivity index (χ4n) is 1.76. The fourth-order valence-corrected chi connectivity index (χ4v) is 2.69. The van der Waals surface area contributed by atoms with Crippen molar-refractivity contribution in [3.8, 4) is 0 Å². The molecule has 2 aromatic rings. The zero-order valence-corrected chi connectivity index (χ0v) is 10.8. The molecule has 0 unspecified atom stereocenters. The maximum atomic E-state index is 13.5. The van der Waals surface area contributed by atoms with Crippen molar-refractivity contribution in [2.75, 3.05) is 5.73 Å². The summed E-state index contributed by atoms with van der Waals surface area (Å²) in [6, 6.07) is 0.190. The topological polar surface area (TPSA) is 38.9 Å². The molecular weight excluding hydrogens is 280 g/mol. The quantitative estimate of drug-likeness (QED) is 0.694. The summed E-state index contributed by atoms with van der Waals surface area (Å²) in [6.45, 7) is 1.80. The van der Waals surface area contributed by atoms with Crippen molar-refractivity contribution in [2.45, 2.75) is 19.8 Å². The first-order valence-electron chi connectivity index (χ1n) is 5.50. The summed E-state index contributed by atoms with van der Waals surface area (Å²) >= 11 is 1.05. The monoisotopic (exact) mass is 290 g/mol. The summed E-state index contributed by atoms with van der Waals surface area (Å²) in [5.41, 5.74) is 5.45. The summed E-state index contributed by atoms with van der Waals surface area (Å²) in [7, 11) is 0. The first-order valence-corrected chi connectivity index (χ1v) is 6.31. The summed E-state index contributed by atoms with van der Waals surface area (Å²) < 4.78 is 53.3. The van der Waals surface area contributed by atoms with Crippen molar-refractivity contribution >= 4 is 16.5 Å². The molecule has 0 fully saturated rings. The van der Waals surface area contributed by atoms with Crippen molar-refractivity contribution in [3.63, 3.8) is 0 Å². The van der Waals surface area contributed by atoms with Crippen molar-refractivity contribution in [3.05, 3.63) is 45.5 Å². The van der Waals surface area contributed by atoms with E-state index in [1.54, 1.807) is 6.92 Å². The molecule has 0 aliphatic carbocycles. The minimum absolute atomic E-state index is 0.190. The molecule has 7 heteroatoms. The minimum atomic E-state index is -1.41. The Morgan fingerprint density at radius 2 is 1.74 bits per heavy atom. The molecule has 0 saturated heterocycles. The molecule has 0 aliphatic heterocycles. The lowest BCUT2D eigenvalue weighted by Gasteiger charge is -2.06. The van der Waals surface area contributed by atoms with Crippen LogP contribution in [0.25, 0.3) is 0 Å². The van der Waals surface area contributed by atoms with Crippen molar-refractivity contribution in [1.29, 1.82) is 0 Å². The van der Waals surface area contributed by atoms with Gasteiger partial charge in [0.1, 0.15) is 0 Å². The SMILES string of the molecule is CCc1nc(N)sc1Cc1c(F)c(F)cc(F)c1F. The maximum absolute atomic E-state index is 13.5. The number of nitrogens with two attached hydrogens (primary N) is 1. The summed E-state index contributed by atoms with van der Waals surface area (Å²) in [6.07, 6.45) is 0.244. The van der Waals surface area contributed by atoms with Crippen molar-refractivity contribution < 1.29 is 17.6 Å². The van der Waals surface area contributed by atoms with Crippen LogP contribution in [-0.4, -0.2) is 4.98 Å². The van der Waals surface area contributed by atoms with Crippen LogP contribution in [0.5, 0.6) is 0 Å². The van der Waals surface area contributed by atoms with E-state index in [1.807, 2.05) is 0 Å². The highest BCUT2D eigenvalue weighted by atomic mass is 32.1. The van der Waals surface area contributed by atoms with Crippen LogP contribution >= 0.6 is 11.3 Å². The molecule has 0 spiro atoms. The van der Waals surface area contributed by atoms with Crippen LogP contribution in [0, 0.1) is 23.3 Å². The van der Waals surface area contributed by atoms with E-state index in [0.29, 0.717) is 17.0 Å². The van der Waals surface area contributed by atoms with E-state index < -0.39 is 28.8 Å². The van der Waals surface area contributed by atoms with Gasteiger partial charge in [-0.25, -0.2) is 22.5 Å². The third-order valence-corrected chi connectivity index (χ3v) is 3.60. The van der Waals surface area contributed by atoms with E-state index in [-0.39, 0.29) is 17.6 Å². The standard InChI is InChI=1S/C12H10F4N2S/c1-2-8-9(19-12(17)18-8)3-5-10(15)6(13)4-7(14)11(5)16/h4H,2-3H2,1H3,(H2,17,18). The number of benzene rings is 1. The van der Waals surface area contributed by atoms with Gasteiger partial charge in [0.15, 0.2) is 28.4 Å². The molecule has 1 aromatic heterocycles. The third kappa shape index (κ3) is 2.56. The van der Waals surface area contributed by atoms with Crippen LogP contribution in [0.2, 0.25) is 0 Å². The molecule has 0 bridgehead atoms. The van der Waals surface area contributed by atoms with E-state index in [9.17, 15) is 17.6 Å². The molecule has 0 amide bonds. The summed E-state index contributed by atoms with van der Waals surface area (Å²) in [5.74, 6) is -5.59. The van der Waals surface area contributed by atoms with Gasteiger partial charge in [-0.05, 0) is 6.42 Å². The van der Waals surface area contributed by atoms with Crippen molar-refractivity contribution in [2.24, 2.45) is 0 Å². The number of nitrogen functional groups attached to an aromatic ring is 1. The van der Waals surface area contributed by atoms with Crippen LogP contribution < -0.4 is 5.73 Å². The molecule has 2 nitrogen and oxygen atoms in total. The smallest absolute Gasteiger partial charge is 0.180 e. The van der Waals surface area contributed by atoms with Gasteiger partial charge in [0.25, 0.3) is 0 Å². The van der Waals surface area contributed by atoms with Gasteiger partial charge in [0.2, 0.25) is 0 Å². The Hall–Kier alpha value is -1.63. The summed E-state index contributed by atoms with van der Waals surface area (Å²) in [5, 5.41) is 0.254. The average Bonchev–Trinajstić information content (AvgIpc) is 2.72. The largest absolute Gasteiger partial charge is 0.375 e. The molecule has 0 atom stereocenters. The van der Waals surface area contributed by atoms with Crippen LogP contribution in [0.3, 0.4) is 0 Å². The Balaban J connectivity index is 2.48. The maximum Gasteiger partial charge on any atom is 0.180 e. The number of anilines is 1. The van der Waals surface area contributed by atoms with E-state index in [1.165, 1.54) is 0 Å². The molecule has 19 heavy (non-hydrogen) atoms. The number of hydrogen-bond donors (Lipinski definition) is 1. The second kappa shape index (κ2) is 5.16.